The highest BCUT2D eigenvalue weighted by atomic mass is 19.4. The van der Waals surface area contributed by atoms with Crippen LogP contribution in [-0.2, 0) is 17.1 Å². The predicted octanol–water partition coefficient (Wildman–Crippen LogP) is 5.04. The largest absolute Gasteiger partial charge is 0.417 e. The maximum atomic E-state index is 13.1. The molecule has 31 heavy (non-hydrogen) atoms. The lowest BCUT2D eigenvalue weighted by Crippen LogP contribution is -2.35. The van der Waals surface area contributed by atoms with E-state index in [0.717, 1.165) is 48.4 Å². The van der Waals surface area contributed by atoms with Crippen LogP contribution in [0, 0.1) is 5.92 Å². The van der Waals surface area contributed by atoms with E-state index < -0.39 is 41.0 Å². The Labute approximate surface area is 173 Å². The van der Waals surface area contributed by atoms with Crippen LogP contribution in [0.5, 0.6) is 0 Å². The van der Waals surface area contributed by atoms with Crippen molar-refractivity contribution in [2.45, 2.75) is 50.5 Å². The van der Waals surface area contributed by atoms with Crippen LogP contribution >= 0.6 is 0 Å². The number of hydrogen-bond donors (Lipinski definition) is 1. The molecular weight excluding hydrogens is 428 g/mol. The molecule has 168 valence electrons. The first-order valence-corrected chi connectivity index (χ1v) is 9.58. The van der Waals surface area contributed by atoms with E-state index >= 15 is 0 Å². The molecule has 5 nitrogen and oxygen atoms in total. The van der Waals surface area contributed by atoms with Gasteiger partial charge in [-0.1, -0.05) is 25.7 Å². The number of nitrogens with one attached hydrogen (secondary N) is 1. The summed E-state index contributed by atoms with van der Waals surface area (Å²) < 4.78 is 78.2. The maximum Gasteiger partial charge on any atom is 0.417 e. The Morgan fingerprint density at radius 1 is 1.03 bits per heavy atom. The van der Waals surface area contributed by atoms with Crippen LogP contribution in [0.2, 0.25) is 0 Å². The average Bonchev–Trinajstić information content (AvgIpc) is 3.19. The van der Waals surface area contributed by atoms with Crippen molar-refractivity contribution in [1.82, 2.24) is 9.55 Å². The molecule has 1 atom stereocenters. The van der Waals surface area contributed by atoms with E-state index in [1.165, 1.54) is 0 Å². The lowest BCUT2D eigenvalue weighted by atomic mass is 9.97. The van der Waals surface area contributed by atoms with Crippen LogP contribution in [0.1, 0.15) is 49.3 Å². The topological polar surface area (TPSA) is 64.0 Å². The van der Waals surface area contributed by atoms with Crippen molar-refractivity contribution >= 4 is 11.7 Å². The smallest absolute Gasteiger partial charge is 0.309 e. The van der Waals surface area contributed by atoms with Gasteiger partial charge in [0.15, 0.2) is 0 Å². The minimum atomic E-state index is -4.71. The lowest BCUT2D eigenvalue weighted by molar-refractivity contribution is -0.139. The number of amides is 1. The summed E-state index contributed by atoms with van der Waals surface area (Å²) in [5.41, 5.74) is -2.88. The van der Waals surface area contributed by atoms with E-state index in [2.05, 4.69) is 10.3 Å². The van der Waals surface area contributed by atoms with Gasteiger partial charge < -0.3 is 9.88 Å². The van der Waals surface area contributed by atoms with E-state index in [9.17, 15) is 35.9 Å². The van der Waals surface area contributed by atoms with Crippen LogP contribution in [-0.4, -0.2) is 15.5 Å². The Morgan fingerprint density at radius 3 is 2.19 bits per heavy atom. The third kappa shape index (κ3) is 5.65. The molecule has 3 rings (SSSR count). The average molecular weight is 447 g/mol. The summed E-state index contributed by atoms with van der Waals surface area (Å²) in [7, 11) is 0. The molecule has 1 fully saturated rings. The summed E-state index contributed by atoms with van der Waals surface area (Å²) in [4.78, 5) is 28.7. The normalized spacial score (nSPS) is 16.3. The first kappa shape index (κ1) is 22.8. The van der Waals surface area contributed by atoms with Crippen molar-refractivity contribution in [2.75, 3.05) is 5.32 Å². The molecule has 1 unspecified atom stereocenters. The number of aromatic nitrogens is 2. The molecule has 0 bridgehead atoms. The highest BCUT2D eigenvalue weighted by molar-refractivity contribution is 5.92. The third-order valence-corrected chi connectivity index (χ3v) is 5.28. The molecule has 11 heteroatoms. The fourth-order valence-corrected chi connectivity index (χ4v) is 3.67. The maximum absolute atomic E-state index is 13.1. The lowest BCUT2D eigenvalue weighted by Gasteiger charge is -2.23. The van der Waals surface area contributed by atoms with Crippen molar-refractivity contribution in [2.24, 2.45) is 5.92 Å². The first-order chi connectivity index (χ1) is 14.4. The molecule has 2 aromatic heterocycles. The van der Waals surface area contributed by atoms with Gasteiger partial charge in [-0.25, -0.2) is 4.98 Å². The van der Waals surface area contributed by atoms with Crippen molar-refractivity contribution in [3.05, 3.63) is 58.1 Å². The summed E-state index contributed by atoms with van der Waals surface area (Å²) in [6.45, 7) is 0. The monoisotopic (exact) mass is 447 g/mol. The molecule has 0 saturated heterocycles. The number of halogens is 6. The number of carbonyl (C=O) groups is 1. The molecule has 0 radical (unpaired) electrons. The van der Waals surface area contributed by atoms with Crippen LogP contribution in [0.15, 0.2) is 41.5 Å². The number of nitrogens with zero attached hydrogens (tertiary/aromatic N) is 2. The number of hydrogen-bond acceptors (Lipinski definition) is 3. The van der Waals surface area contributed by atoms with Gasteiger partial charge in [-0.3, -0.25) is 9.59 Å². The molecule has 1 N–H and O–H groups in total. The Kier molecular flexibility index (Phi) is 6.42. The van der Waals surface area contributed by atoms with Gasteiger partial charge in [0.25, 0.3) is 5.56 Å². The van der Waals surface area contributed by atoms with Gasteiger partial charge in [-0.2, -0.15) is 26.3 Å². The zero-order chi connectivity index (χ0) is 22.8. The number of rotatable bonds is 5. The Hall–Kier alpha value is -2.85. The fraction of sp³-hybridized carbons (Fsp3) is 0.450. The van der Waals surface area contributed by atoms with Crippen molar-refractivity contribution in [1.29, 1.82) is 0 Å². The summed E-state index contributed by atoms with van der Waals surface area (Å²) in [5, 5.41) is 2.32. The second kappa shape index (κ2) is 8.72. The molecule has 0 aromatic carbocycles. The van der Waals surface area contributed by atoms with Crippen molar-refractivity contribution in [3.8, 4) is 0 Å². The molecule has 0 spiro atoms. The van der Waals surface area contributed by atoms with Gasteiger partial charge in [0.1, 0.15) is 11.9 Å². The molecule has 1 aliphatic carbocycles. The van der Waals surface area contributed by atoms with Crippen LogP contribution < -0.4 is 10.9 Å². The van der Waals surface area contributed by atoms with E-state index in [4.69, 9.17) is 0 Å². The first-order valence-electron chi connectivity index (χ1n) is 9.58. The van der Waals surface area contributed by atoms with Crippen LogP contribution in [0.25, 0.3) is 0 Å². The molecule has 1 amide bonds. The Morgan fingerprint density at radius 2 is 1.65 bits per heavy atom. The highest BCUT2D eigenvalue weighted by Crippen LogP contribution is 2.34. The minimum Gasteiger partial charge on any atom is -0.309 e. The minimum absolute atomic E-state index is 0.0396. The van der Waals surface area contributed by atoms with Crippen LogP contribution in [0.4, 0.5) is 32.2 Å². The van der Waals surface area contributed by atoms with E-state index in [-0.39, 0.29) is 18.2 Å². The third-order valence-electron chi connectivity index (χ3n) is 5.28. The van der Waals surface area contributed by atoms with E-state index in [1.807, 2.05) is 0 Å². The highest BCUT2D eigenvalue weighted by Gasteiger charge is 2.34. The number of alkyl halides is 6. The number of carbonyl (C=O) groups excluding carboxylic acids is 1. The second-order valence-electron chi connectivity index (χ2n) is 7.48. The summed E-state index contributed by atoms with van der Waals surface area (Å²) >= 11 is 0. The number of anilines is 1. The van der Waals surface area contributed by atoms with Crippen molar-refractivity contribution in [3.63, 3.8) is 0 Å². The zero-order valence-corrected chi connectivity index (χ0v) is 16.1. The van der Waals surface area contributed by atoms with Gasteiger partial charge in [0.05, 0.1) is 11.1 Å². The fourth-order valence-electron chi connectivity index (χ4n) is 3.67. The van der Waals surface area contributed by atoms with Crippen molar-refractivity contribution < 1.29 is 31.1 Å². The van der Waals surface area contributed by atoms with Gasteiger partial charge >= 0.3 is 12.4 Å². The van der Waals surface area contributed by atoms with E-state index in [1.54, 1.807) is 0 Å². The molecule has 2 heterocycles. The summed E-state index contributed by atoms with van der Waals surface area (Å²) in [6.07, 6.45) is -4.67. The van der Waals surface area contributed by atoms with Gasteiger partial charge in [-0.15, -0.1) is 0 Å². The predicted molar refractivity (Wildman–Crippen MR) is 99.2 cm³/mol. The Bertz CT molecular complexity index is 976. The van der Waals surface area contributed by atoms with Gasteiger partial charge in [0, 0.05) is 18.5 Å². The zero-order valence-electron chi connectivity index (χ0n) is 16.1. The van der Waals surface area contributed by atoms with Gasteiger partial charge in [0.2, 0.25) is 5.91 Å². The molecular formula is C20H19F6N3O2. The Balaban J connectivity index is 1.90. The molecule has 0 aliphatic heterocycles. The molecule has 1 aliphatic rings. The number of pyridine rings is 2. The SMILES string of the molecule is O=C(Nc1ccc(C(F)(F)F)cn1)C(CC1CCCC1)n1cc(C(F)(F)F)ccc1=O. The second-order valence-corrected chi connectivity index (χ2v) is 7.48. The quantitative estimate of drug-likeness (QED) is 0.654. The van der Waals surface area contributed by atoms with Gasteiger partial charge in [-0.05, 0) is 30.5 Å². The van der Waals surface area contributed by atoms with Crippen LogP contribution in [0.3, 0.4) is 0 Å². The standard InChI is InChI=1S/C20H19F6N3O2/c21-19(22,23)13-5-7-16(27-10-13)28-18(31)15(9-12-3-1-2-4-12)29-11-14(20(24,25)26)6-8-17(29)30/h5-8,10-12,15H,1-4,9H2,(H,27,28,31). The molecule has 1 saturated carbocycles. The molecule has 2 aromatic rings. The summed E-state index contributed by atoms with van der Waals surface area (Å²) in [5.74, 6) is -0.979. The van der Waals surface area contributed by atoms with E-state index in [0.29, 0.717) is 18.5 Å². The summed E-state index contributed by atoms with van der Waals surface area (Å²) in [6, 6.07) is 1.80.